The summed E-state index contributed by atoms with van der Waals surface area (Å²) in [5.41, 5.74) is 4.95. The van der Waals surface area contributed by atoms with Gasteiger partial charge in [-0.15, -0.1) is 0 Å². The van der Waals surface area contributed by atoms with Crippen LogP contribution in [0, 0.1) is 0 Å². The van der Waals surface area contributed by atoms with Crippen LogP contribution in [-0.2, 0) is 6.42 Å². The number of unbranched alkanes of at least 4 members (excludes halogenated alkanes) is 1. The molecule has 0 aliphatic heterocycles. The second-order valence-corrected chi connectivity index (χ2v) is 8.27. The van der Waals surface area contributed by atoms with E-state index >= 15 is 0 Å². The lowest BCUT2D eigenvalue weighted by Crippen LogP contribution is -2.20. The van der Waals surface area contributed by atoms with Crippen LogP contribution in [-0.4, -0.2) is 37.0 Å². The van der Waals surface area contributed by atoms with E-state index in [-0.39, 0.29) is 18.3 Å². The summed E-state index contributed by atoms with van der Waals surface area (Å²) in [5.74, 6) is -0.281. The number of aliphatic hydroxyl groups excluding tert-OH is 1. The van der Waals surface area contributed by atoms with Gasteiger partial charge in [0, 0.05) is 36.1 Å². The number of amides is 1. The maximum absolute atomic E-state index is 12.5. The average Bonchev–Trinajstić information content (AvgIpc) is 2.87. The fourth-order valence-electron chi connectivity index (χ4n) is 3.51. The van der Waals surface area contributed by atoms with Crippen molar-refractivity contribution in [1.82, 2.24) is 0 Å². The van der Waals surface area contributed by atoms with E-state index in [0.717, 1.165) is 30.5 Å². The molecule has 3 aromatic carbocycles. The summed E-state index contributed by atoms with van der Waals surface area (Å²) in [7, 11) is 1.92. The first-order valence-corrected chi connectivity index (χ1v) is 11.6. The van der Waals surface area contributed by atoms with Gasteiger partial charge >= 0.3 is 0 Å². The van der Waals surface area contributed by atoms with E-state index in [1.54, 1.807) is 36.4 Å². The quantitative estimate of drug-likeness (QED) is 0.291. The molecule has 0 spiro atoms. The van der Waals surface area contributed by atoms with Crippen LogP contribution in [0.5, 0.6) is 0 Å². The molecule has 5 heteroatoms. The lowest BCUT2D eigenvalue weighted by atomic mass is 10.1. The molecule has 0 fully saturated rings. The van der Waals surface area contributed by atoms with Gasteiger partial charge in [-0.05, 0) is 78.6 Å². The van der Waals surface area contributed by atoms with Crippen LogP contribution in [0.4, 0.5) is 11.4 Å². The molecular formula is C29H32N2O3. The number of benzene rings is 3. The molecule has 0 heterocycles. The predicted octanol–water partition coefficient (Wildman–Crippen LogP) is 5.61. The van der Waals surface area contributed by atoms with Gasteiger partial charge < -0.3 is 15.3 Å². The van der Waals surface area contributed by atoms with Gasteiger partial charge in [-0.25, -0.2) is 0 Å². The van der Waals surface area contributed by atoms with Crippen molar-refractivity contribution in [3.8, 4) is 0 Å². The summed E-state index contributed by atoms with van der Waals surface area (Å²) in [6, 6.07) is 22.4. The lowest BCUT2D eigenvalue weighted by Gasteiger charge is -2.17. The maximum atomic E-state index is 12.5. The maximum Gasteiger partial charge on any atom is 0.255 e. The molecule has 0 radical (unpaired) electrons. The highest BCUT2D eigenvalue weighted by Gasteiger charge is 2.08. The fraction of sp³-hybridized carbons (Fsp3) is 0.241. The molecule has 0 aliphatic rings. The number of nitrogens with zero attached hydrogens (tertiary/aromatic N) is 1. The SMILES string of the molecule is CCCCc1ccc(C(=O)Nc2ccc(C(=O)/C=C/c3ccc(N(C)CCO)cc3)cc2)cc1. The summed E-state index contributed by atoms with van der Waals surface area (Å²) < 4.78 is 0. The van der Waals surface area contributed by atoms with Crippen molar-refractivity contribution < 1.29 is 14.7 Å². The second kappa shape index (κ2) is 12.5. The van der Waals surface area contributed by atoms with Crippen LogP contribution < -0.4 is 10.2 Å². The number of hydrogen-bond donors (Lipinski definition) is 2. The van der Waals surface area contributed by atoms with Crippen molar-refractivity contribution in [3.63, 3.8) is 0 Å². The molecule has 0 saturated carbocycles. The van der Waals surface area contributed by atoms with Crippen LogP contribution in [0.1, 0.15) is 51.6 Å². The molecule has 176 valence electrons. The fourth-order valence-corrected chi connectivity index (χ4v) is 3.51. The highest BCUT2D eigenvalue weighted by molar-refractivity contribution is 6.08. The third-order valence-electron chi connectivity index (χ3n) is 5.66. The van der Waals surface area contributed by atoms with E-state index in [4.69, 9.17) is 5.11 Å². The number of rotatable bonds is 11. The number of hydrogen-bond acceptors (Lipinski definition) is 4. The molecule has 2 N–H and O–H groups in total. The molecule has 0 unspecified atom stereocenters. The first-order valence-electron chi connectivity index (χ1n) is 11.6. The minimum atomic E-state index is -0.172. The zero-order chi connectivity index (χ0) is 24.3. The van der Waals surface area contributed by atoms with Gasteiger partial charge in [-0.3, -0.25) is 9.59 Å². The van der Waals surface area contributed by atoms with E-state index in [2.05, 4.69) is 12.2 Å². The predicted molar refractivity (Wildman–Crippen MR) is 140 cm³/mol. The zero-order valence-corrected chi connectivity index (χ0v) is 19.8. The molecule has 3 rings (SSSR count). The molecule has 34 heavy (non-hydrogen) atoms. The van der Waals surface area contributed by atoms with Gasteiger partial charge in [0.1, 0.15) is 0 Å². The van der Waals surface area contributed by atoms with E-state index in [0.29, 0.717) is 23.4 Å². The number of anilines is 2. The first kappa shape index (κ1) is 24.9. The third kappa shape index (κ3) is 7.15. The molecule has 3 aromatic rings. The smallest absolute Gasteiger partial charge is 0.255 e. The average molecular weight is 457 g/mol. The molecular weight excluding hydrogens is 424 g/mol. The van der Waals surface area contributed by atoms with Gasteiger partial charge in [0.25, 0.3) is 5.91 Å². The van der Waals surface area contributed by atoms with Crippen molar-refractivity contribution in [2.75, 3.05) is 30.4 Å². The minimum Gasteiger partial charge on any atom is -0.395 e. The molecule has 0 aliphatic carbocycles. The standard InChI is InChI=1S/C29H32N2O3/c1-3-4-5-22-6-11-25(12-7-22)29(34)30-26-15-13-24(14-16-26)28(33)19-10-23-8-17-27(18-9-23)31(2)20-21-32/h6-19,32H,3-5,20-21H2,1-2H3,(H,30,34)/b19-10+. The van der Waals surface area contributed by atoms with Gasteiger partial charge in [0.2, 0.25) is 0 Å². The summed E-state index contributed by atoms with van der Waals surface area (Å²) >= 11 is 0. The normalized spacial score (nSPS) is 10.9. The second-order valence-electron chi connectivity index (χ2n) is 8.27. The van der Waals surface area contributed by atoms with Crippen LogP contribution >= 0.6 is 0 Å². The topological polar surface area (TPSA) is 69.6 Å². The number of aliphatic hydroxyl groups is 1. The molecule has 0 bridgehead atoms. The van der Waals surface area contributed by atoms with E-state index in [1.807, 2.05) is 60.5 Å². The van der Waals surface area contributed by atoms with Gasteiger partial charge in [-0.1, -0.05) is 43.7 Å². The highest BCUT2D eigenvalue weighted by Crippen LogP contribution is 2.16. The Bertz CT molecular complexity index is 1100. The summed E-state index contributed by atoms with van der Waals surface area (Å²) in [5, 5.41) is 11.9. The van der Waals surface area contributed by atoms with Crippen LogP contribution in [0.2, 0.25) is 0 Å². The monoisotopic (exact) mass is 456 g/mol. The highest BCUT2D eigenvalue weighted by atomic mass is 16.3. The largest absolute Gasteiger partial charge is 0.395 e. The van der Waals surface area contributed by atoms with E-state index < -0.39 is 0 Å². The van der Waals surface area contributed by atoms with E-state index in [9.17, 15) is 9.59 Å². The number of carbonyl (C=O) groups is 2. The van der Waals surface area contributed by atoms with E-state index in [1.165, 1.54) is 5.56 Å². The number of nitrogens with one attached hydrogen (secondary N) is 1. The first-order chi connectivity index (χ1) is 16.5. The van der Waals surface area contributed by atoms with Crippen molar-refractivity contribution in [3.05, 3.63) is 101 Å². The molecule has 5 nitrogen and oxygen atoms in total. The van der Waals surface area contributed by atoms with Crippen LogP contribution in [0.3, 0.4) is 0 Å². The van der Waals surface area contributed by atoms with Gasteiger partial charge in [0.05, 0.1) is 6.61 Å². The Hall–Kier alpha value is -3.70. The summed E-state index contributed by atoms with van der Waals surface area (Å²) in [6.45, 7) is 2.83. The summed E-state index contributed by atoms with van der Waals surface area (Å²) in [4.78, 5) is 27.0. The minimum absolute atomic E-state index is 0.0986. The van der Waals surface area contributed by atoms with Gasteiger partial charge in [-0.2, -0.15) is 0 Å². The Kier molecular flexibility index (Phi) is 9.18. The Balaban J connectivity index is 1.56. The molecule has 1 amide bonds. The number of aryl methyl sites for hydroxylation is 1. The summed E-state index contributed by atoms with van der Waals surface area (Å²) in [6.07, 6.45) is 6.63. The number of ketones is 1. The lowest BCUT2D eigenvalue weighted by molar-refractivity contribution is 0.102. The zero-order valence-electron chi connectivity index (χ0n) is 19.8. The van der Waals surface area contributed by atoms with Crippen LogP contribution in [0.15, 0.2) is 78.9 Å². The Morgan fingerprint density at radius 2 is 1.56 bits per heavy atom. The Morgan fingerprint density at radius 1 is 0.912 bits per heavy atom. The number of carbonyl (C=O) groups excluding carboxylic acids is 2. The van der Waals surface area contributed by atoms with Gasteiger partial charge in [0.15, 0.2) is 5.78 Å². The van der Waals surface area contributed by atoms with Crippen LogP contribution in [0.25, 0.3) is 6.08 Å². The Labute approximate surface area is 201 Å². The molecule has 0 atom stereocenters. The molecule has 0 aromatic heterocycles. The van der Waals surface area contributed by atoms with Crippen molar-refractivity contribution in [1.29, 1.82) is 0 Å². The van der Waals surface area contributed by atoms with Crippen molar-refractivity contribution in [2.24, 2.45) is 0 Å². The third-order valence-corrected chi connectivity index (χ3v) is 5.66. The molecule has 0 saturated heterocycles. The van der Waals surface area contributed by atoms with Crippen molar-refractivity contribution in [2.45, 2.75) is 26.2 Å². The number of allylic oxidation sites excluding steroid dienone is 1. The number of likely N-dealkylation sites (N-methyl/N-ethyl adjacent to an activating group) is 1. The van der Waals surface area contributed by atoms with Crippen molar-refractivity contribution >= 4 is 29.1 Å². The Morgan fingerprint density at radius 3 is 2.18 bits per heavy atom.